The van der Waals surface area contributed by atoms with Crippen LogP contribution in [-0.4, -0.2) is 35.7 Å². The van der Waals surface area contributed by atoms with Gasteiger partial charge < -0.3 is 9.84 Å². The van der Waals surface area contributed by atoms with Gasteiger partial charge in [0.1, 0.15) is 5.75 Å². The minimum Gasteiger partial charge on any atom is -0.493 e. The van der Waals surface area contributed by atoms with E-state index in [-0.39, 0.29) is 5.92 Å². The molecule has 1 aromatic rings. The molecule has 1 aliphatic heterocycles. The van der Waals surface area contributed by atoms with E-state index in [1.54, 1.807) is 0 Å². The van der Waals surface area contributed by atoms with E-state index in [1.807, 2.05) is 12.1 Å². The Balaban J connectivity index is 1.53. The van der Waals surface area contributed by atoms with Crippen molar-refractivity contribution in [3.8, 4) is 5.75 Å². The Bertz CT molecular complexity index is 510. The molecule has 4 heteroatoms. The predicted molar refractivity (Wildman–Crippen MR) is 84.8 cm³/mol. The van der Waals surface area contributed by atoms with E-state index in [4.69, 9.17) is 4.74 Å². The number of hydrogen-bond acceptors (Lipinski definition) is 3. The first-order valence-electron chi connectivity index (χ1n) is 8.27. The molecule has 1 heterocycles. The molecule has 0 aromatic heterocycles. The smallest absolute Gasteiger partial charge is 0.307 e. The van der Waals surface area contributed by atoms with Gasteiger partial charge in [-0.2, -0.15) is 0 Å². The summed E-state index contributed by atoms with van der Waals surface area (Å²) in [6.07, 6.45) is 3.39. The third-order valence-electron chi connectivity index (χ3n) is 4.60. The van der Waals surface area contributed by atoms with Gasteiger partial charge in [-0.15, -0.1) is 0 Å². The van der Waals surface area contributed by atoms with Crippen LogP contribution in [0.3, 0.4) is 0 Å². The highest BCUT2D eigenvalue weighted by Gasteiger charge is 2.29. The largest absolute Gasteiger partial charge is 0.493 e. The van der Waals surface area contributed by atoms with Crippen molar-refractivity contribution in [2.75, 3.05) is 19.7 Å². The van der Waals surface area contributed by atoms with Crippen molar-refractivity contribution < 1.29 is 14.6 Å². The number of ether oxygens (including phenoxy) is 1. The highest BCUT2D eigenvalue weighted by atomic mass is 16.5. The topological polar surface area (TPSA) is 49.8 Å². The van der Waals surface area contributed by atoms with E-state index in [1.165, 1.54) is 18.4 Å². The Morgan fingerprint density at radius 1 is 1.27 bits per heavy atom. The molecule has 3 rings (SSSR count). The lowest BCUT2D eigenvalue weighted by molar-refractivity contribution is -0.144. The maximum Gasteiger partial charge on any atom is 0.307 e. The van der Waals surface area contributed by atoms with Crippen LogP contribution >= 0.6 is 0 Å². The maximum atomic E-state index is 11.2. The van der Waals surface area contributed by atoms with E-state index in [0.717, 1.165) is 37.8 Å². The van der Waals surface area contributed by atoms with Crippen molar-refractivity contribution in [1.82, 2.24) is 4.90 Å². The van der Waals surface area contributed by atoms with Gasteiger partial charge in [-0.05, 0) is 48.8 Å². The van der Waals surface area contributed by atoms with Gasteiger partial charge >= 0.3 is 5.97 Å². The van der Waals surface area contributed by atoms with Gasteiger partial charge in [0.2, 0.25) is 0 Å². The van der Waals surface area contributed by atoms with E-state index >= 15 is 0 Å². The maximum absolute atomic E-state index is 11.2. The van der Waals surface area contributed by atoms with Gasteiger partial charge in [-0.25, -0.2) is 0 Å². The molecule has 1 N–H and O–H groups in total. The molecule has 0 bridgehead atoms. The molecule has 1 saturated heterocycles. The number of carboxylic acid groups (broad SMARTS) is 1. The van der Waals surface area contributed by atoms with Gasteiger partial charge in [0.25, 0.3) is 0 Å². The van der Waals surface area contributed by atoms with Crippen molar-refractivity contribution in [2.45, 2.75) is 32.7 Å². The Morgan fingerprint density at radius 2 is 2.00 bits per heavy atom. The third-order valence-corrected chi connectivity index (χ3v) is 4.60. The molecule has 1 aromatic carbocycles. The quantitative estimate of drug-likeness (QED) is 0.877. The first-order valence-corrected chi connectivity index (χ1v) is 8.27. The molecule has 2 unspecified atom stereocenters. The number of carboxylic acids is 1. The zero-order valence-electron chi connectivity index (χ0n) is 13.2. The SMILES string of the molecule is CC1CC(C(=O)O)CN(Cc2ccc(OCC3CC3)cc2)C1. The van der Waals surface area contributed by atoms with Gasteiger partial charge in [0, 0.05) is 19.6 Å². The van der Waals surface area contributed by atoms with Crippen molar-refractivity contribution in [3.05, 3.63) is 29.8 Å². The highest BCUT2D eigenvalue weighted by molar-refractivity contribution is 5.70. The summed E-state index contributed by atoms with van der Waals surface area (Å²) in [5, 5.41) is 9.24. The summed E-state index contributed by atoms with van der Waals surface area (Å²) in [7, 11) is 0. The molecule has 2 atom stereocenters. The minimum atomic E-state index is -0.666. The van der Waals surface area contributed by atoms with Crippen LogP contribution in [-0.2, 0) is 11.3 Å². The molecule has 1 aliphatic carbocycles. The molecule has 1 saturated carbocycles. The summed E-state index contributed by atoms with van der Waals surface area (Å²) in [5.74, 6) is 1.25. The summed E-state index contributed by atoms with van der Waals surface area (Å²) >= 11 is 0. The molecule has 0 amide bonds. The van der Waals surface area contributed by atoms with Gasteiger partial charge in [-0.1, -0.05) is 19.1 Å². The average Bonchev–Trinajstić information content (AvgIpc) is 3.30. The Labute approximate surface area is 132 Å². The van der Waals surface area contributed by atoms with Gasteiger partial charge in [0.15, 0.2) is 0 Å². The van der Waals surface area contributed by atoms with Crippen LogP contribution < -0.4 is 4.74 Å². The minimum absolute atomic E-state index is 0.232. The molecular formula is C18H25NO3. The summed E-state index contributed by atoms with van der Waals surface area (Å²) in [6.45, 7) is 5.42. The fourth-order valence-electron chi connectivity index (χ4n) is 3.22. The van der Waals surface area contributed by atoms with Crippen LogP contribution in [0.25, 0.3) is 0 Å². The molecule has 2 aliphatic rings. The van der Waals surface area contributed by atoms with Gasteiger partial charge in [0.05, 0.1) is 12.5 Å². The fourth-order valence-corrected chi connectivity index (χ4v) is 3.22. The lowest BCUT2D eigenvalue weighted by Crippen LogP contribution is -2.41. The molecule has 22 heavy (non-hydrogen) atoms. The third kappa shape index (κ3) is 4.23. The van der Waals surface area contributed by atoms with Crippen LogP contribution in [0.15, 0.2) is 24.3 Å². The van der Waals surface area contributed by atoms with Crippen LogP contribution in [0.4, 0.5) is 0 Å². The molecule has 0 spiro atoms. The molecule has 2 fully saturated rings. The van der Waals surface area contributed by atoms with Crippen LogP contribution in [0.1, 0.15) is 31.7 Å². The van der Waals surface area contributed by atoms with Crippen molar-refractivity contribution in [2.24, 2.45) is 17.8 Å². The van der Waals surface area contributed by atoms with E-state index < -0.39 is 5.97 Å². The van der Waals surface area contributed by atoms with E-state index in [0.29, 0.717) is 12.5 Å². The van der Waals surface area contributed by atoms with Gasteiger partial charge in [-0.3, -0.25) is 9.69 Å². The highest BCUT2D eigenvalue weighted by Crippen LogP contribution is 2.29. The molecule has 120 valence electrons. The lowest BCUT2D eigenvalue weighted by Gasteiger charge is -2.34. The molecular weight excluding hydrogens is 278 g/mol. The van der Waals surface area contributed by atoms with Crippen LogP contribution in [0.2, 0.25) is 0 Å². The van der Waals surface area contributed by atoms with Crippen molar-refractivity contribution >= 4 is 5.97 Å². The number of hydrogen-bond donors (Lipinski definition) is 1. The van der Waals surface area contributed by atoms with Crippen molar-refractivity contribution in [3.63, 3.8) is 0 Å². The van der Waals surface area contributed by atoms with Crippen LogP contribution in [0.5, 0.6) is 5.75 Å². The Morgan fingerprint density at radius 3 is 2.64 bits per heavy atom. The average molecular weight is 303 g/mol. The number of aliphatic carboxylic acids is 1. The number of rotatable bonds is 6. The zero-order valence-corrected chi connectivity index (χ0v) is 13.2. The zero-order chi connectivity index (χ0) is 15.5. The number of likely N-dealkylation sites (tertiary alicyclic amines) is 1. The number of benzene rings is 1. The summed E-state index contributed by atoms with van der Waals surface area (Å²) in [6, 6.07) is 8.24. The molecule has 4 nitrogen and oxygen atoms in total. The second kappa shape index (κ2) is 6.69. The van der Waals surface area contributed by atoms with E-state index in [9.17, 15) is 9.90 Å². The number of carbonyl (C=O) groups is 1. The Hall–Kier alpha value is -1.55. The number of piperidine rings is 1. The monoisotopic (exact) mass is 303 g/mol. The van der Waals surface area contributed by atoms with Crippen LogP contribution in [0, 0.1) is 17.8 Å². The fraction of sp³-hybridized carbons (Fsp3) is 0.611. The standard InChI is InChI=1S/C18H25NO3/c1-13-8-16(18(20)21)11-19(9-13)10-14-4-6-17(7-5-14)22-12-15-2-3-15/h4-7,13,15-16H,2-3,8-12H2,1H3,(H,20,21). The van der Waals surface area contributed by atoms with E-state index in [2.05, 4.69) is 24.0 Å². The molecule has 0 radical (unpaired) electrons. The lowest BCUT2D eigenvalue weighted by atomic mass is 9.90. The summed E-state index contributed by atoms with van der Waals surface area (Å²) < 4.78 is 5.75. The summed E-state index contributed by atoms with van der Waals surface area (Å²) in [4.78, 5) is 13.5. The normalized spacial score (nSPS) is 25.9. The number of nitrogens with zero attached hydrogens (tertiary/aromatic N) is 1. The summed E-state index contributed by atoms with van der Waals surface area (Å²) in [5.41, 5.74) is 1.22. The second-order valence-corrected chi connectivity index (χ2v) is 6.97. The second-order valence-electron chi connectivity index (χ2n) is 6.97. The predicted octanol–water partition coefficient (Wildman–Crippen LogP) is 3.02. The Kier molecular flexibility index (Phi) is 4.67. The first kappa shape index (κ1) is 15.3. The first-order chi connectivity index (χ1) is 10.6. The van der Waals surface area contributed by atoms with Crippen molar-refractivity contribution in [1.29, 1.82) is 0 Å².